The summed E-state index contributed by atoms with van der Waals surface area (Å²) in [6.45, 7) is 0. The number of nitrogens with one attached hydrogen (secondary N) is 1. The van der Waals surface area contributed by atoms with E-state index < -0.39 is 7.12 Å². The van der Waals surface area contributed by atoms with E-state index in [9.17, 15) is 10.0 Å². The van der Waals surface area contributed by atoms with Crippen LogP contribution >= 0.6 is 11.9 Å². The molecule has 104 valence electrons. The Labute approximate surface area is 124 Å². The average Bonchev–Trinajstić information content (AvgIpc) is 2.48. The van der Waals surface area contributed by atoms with Crippen molar-refractivity contribution in [2.75, 3.05) is 0 Å². The molecule has 1 atom stereocenters. The molecule has 0 bridgehead atoms. The van der Waals surface area contributed by atoms with Crippen LogP contribution in [0.1, 0.15) is 11.1 Å². The van der Waals surface area contributed by atoms with Crippen LogP contribution in [0.25, 0.3) is 0 Å². The van der Waals surface area contributed by atoms with Crippen molar-refractivity contribution in [3.05, 3.63) is 71.8 Å². The smallest absolute Gasteiger partial charge is 0.426 e. The maximum Gasteiger partial charge on any atom is 0.470 e. The van der Waals surface area contributed by atoms with Crippen LogP contribution in [0.2, 0.25) is 0 Å². The fourth-order valence-electron chi connectivity index (χ4n) is 1.88. The summed E-state index contributed by atoms with van der Waals surface area (Å²) in [4.78, 5) is 0. The largest absolute Gasteiger partial charge is 0.470 e. The Hall–Kier alpha value is -1.27. The molecule has 20 heavy (non-hydrogen) atoms. The topological polar surface area (TPSA) is 52.5 Å². The van der Waals surface area contributed by atoms with Crippen molar-refractivity contribution < 1.29 is 10.0 Å². The van der Waals surface area contributed by atoms with Gasteiger partial charge in [-0.15, -0.1) is 0 Å². The Balaban J connectivity index is 1.84. The molecule has 0 saturated carbocycles. The van der Waals surface area contributed by atoms with E-state index in [1.807, 2.05) is 48.5 Å². The van der Waals surface area contributed by atoms with Gasteiger partial charge in [0, 0.05) is 5.75 Å². The lowest BCUT2D eigenvalue weighted by Crippen LogP contribution is -2.42. The van der Waals surface area contributed by atoms with Crippen LogP contribution < -0.4 is 4.72 Å². The first-order valence-electron chi connectivity index (χ1n) is 6.57. The van der Waals surface area contributed by atoms with Crippen LogP contribution in [0.4, 0.5) is 0 Å². The molecule has 2 aromatic carbocycles. The molecule has 0 saturated heterocycles. The van der Waals surface area contributed by atoms with Crippen LogP contribution in [-0.4, -0.2) is 23.1 Å². The predicted molar refractivity (Wildman–Crippen MR) is 85.0 cm³/mol. The number of rotatable bonds is 7. The van der Waals surface area contributed by atoms with Gasteiger partial charge < -0.3 is 10.0 Å². The molecule has 0 aromatic heterocycles. The zero-order valence-electron chi connectivity index (χ0n) is 11.1. The van der Waals surface area contributed by atoms with Gasteiger partial charge in [-0.25, -0.2) is 0 Å². The summed E-state index contributed by atoms with van der Waals surface area (Å²) in [5, 5.41) is 18.9. The van der Waals surface area contributed by atoms with E-state index in [0.717, 1.165) is 11.3 Å². The first-order valence-corrected chi connectivity index (χ1v) is 7.55. The molecule has 0 amide bonds. The van der Waals surface area contributed by atoms with E-state index >= 15 is 0 Å². The molecule has 2 aromatic rings. The molecule has 0 aliphatic carbocycles. The molecule has 0 fully saturated rings. The Morgan fingerprint density at radius 1 is 0.900 bits per heavy atom. The van der Waals surface area contributed by atoms with E-state index in [2.05, 4.69) is 16.9 Å². The van der Waals surface area contributed by atoms with E-state index in [-0.39, 0.29) is 5.94 Å². The molecule has 2 rings (SSSR count). The maximum absolute atomic E-state index is 9.45. The Bertz CT molecular complexity index is 496. The van der Waals surface area contributed by atoms with Crippen molar-refractivity contribution in [3.63, 3.8) is 0 Å². The van der Waals surface area contributed by atoms with Crippen LogP contribution in [-0.2, 0) is 12.2 Å². The summed E-state index contributed by atoms with van der Waals surface area (Å²) in [6.07, 6.45) is 0.584. The van der Waals surface area contributed by atoms with Crippen LogP contribution in [0.5, 0.6) is 0 Å². The third-order valence-corrected chi connectivity index (χ3v) is 3.92. The molecule has 3 nitrogen and oxygen atoms in total. The Kier molecular flexibility index (Phi) is 6.14. The quantitative estimate of drug-likeness (QED) is 0.539. The van der Waals surface area contributed by atoms with E-state index in [0.29, 0.717) is 6.42 Å². The van der Waals surface area contributed by atoms with Gasteiger partial charge in [0.15, 0.2) is 0 Å². The highest BCUT2D eigenvalue weighted by atomic mass is 32.2. The second-order valence-electron chi connectivity index (χ2n) is 4.60. The lowest BCUT2D eigenvalue weighted by molar-refractivity contribution is 0.382. The normalized spacial score (nSPS) is 12.1. The van der Waals surface area contributed by atoms with Crippen molar-refractivity contribution in [2.45, 2.75) is 18.1 Å². The Morgan fingerprint density at radius 2 is 1.45 bits per heavy atom. The molecule has 3 N–H and O–H groups in total. The summed E-state index contributed by atoms with van der Waals surface area (Å²) in [5.74, 6) is 0.407. The number of hydrogen-bond acceptors (Lipinski definition) is 4. The monoisotopic (exact) mass is 287 g/mol. The van der Waals surface area contributed by atoms with Crippen molar-refractivity contribution >= 4 is 19.1 Å². The molecule has 0 heterocycles. The average molecular weight is 287 g/mol. The van der Waals surface area contributed by atoms with E-state index in [1.54, 1.807) is 0 Å². The summed E-state index contributed by atoms with van der Waals surface area (Å²) in [7, 11) is -1.38. The van der Waals surface area contributed by atoms with Crippen LogP contribution in [0, 0.1) is 0 Å². The predicted octanol–water partition coefficient (Wildman–Crippen LogP) is 2.05. The van der Waals surface area contributed by atoms with Crippen LogP contribution in [0.3, 0.4) is 0 Å². The third kappa shape index (κ3) is 5.02. The van der Waals surface area contributed by atoms with Gasteiger partial charge in [0.25, 0.3) is 0 Å². The van der Waals surface area contributed by atoms with Gasteiger partial charge in [-0.05, 0) is 17.5 Å². The Morgan fingerprint density at radius 3 is 2.00 bits per heavy atom. The summed E-state index contributed by atoms with van der Waals surface area (Å²) in [6, 6.07) is 19.9. The standard InChI is InChI=1S/C15H18BNO2S/c18-16(19)15(11-13-7-3-1-4-8-13)17-20-12-14-9-5-2-6-10-14/h1-10,15,17-19H,11-12H2. The van der Waals surface area contributed by atoms with Gasteiger partial charge in [0.1, 0.15) is 0 Å². The molecule has 0 radical (unpaired) electrons. The molecule has 0 spiro atoms. The molecule has 5 heteroatoms. The van der Waals surface area contributed by atoms with E-state index in [1.165, 1.54) is 17.5 Å². The minimum Gasteiger partial charge on any atom is -0.426 e. The lowest BCUT2D eigenvalue weighted by Gasteiger charge is -2.17. The van der Waals surface area contributed by atoms with Gasteiger partial charge in [-0.2, -0.15) is 0 Å². The highest BCUT2D eigenvalue weighted by Gasteiger charge is 2.23. The summed E-state index contributed by atoms with van der Waals surface area (Å²) in [5.41, 5.74) is 2.29. The molecule has 0 aliphatic rings. The second kappa shape index (κ2) is 8.12. The zero-order chi connectivity index (χ0) is 14.2. The van der Waals surface area contributed by atoms with Crippen molar-refractivity contribution in [1.29, 1.82) is 0 Å². The number of hydrogen-bond donors (Lipinski definition) is 3. The lowest BCUT2D eigenvalue weighted by atomic mass is 9.77. The van der Waals surface area contributed by atoms with Gasteiger partial charge >= 0.3 is 7.12 Å². The first kappa shape index (κ1) is 15.1. The molecule has 0 aliphatic heterocycles. The van der Waals surface area contributed by atoms with Crippen molar-refractivity contribution in [2.24, 2.45) is 0 Å². The fraction of sp³-hybridized carbons (Fsp3) is 0.200. The SMILES string of the molecule is OB(O)C(Cc1ccccc1)NSCc1ccccc1. The molecule has 1 unspecified atom stereocenters. The molecular weight excluding hydrogens is 269 g/mol. The van der Waals surface area contributed by atoms with Gasteiger partial charge in [-0.3, -0.25) is 4.72 Å². The van der Waals surface area contributed by atoms with Gasteiger partial charge in [0.05, 0.1) is 5.94 Å². The fourth-order valence-corrected chi connectivity index (χ4v) is 2.74. The minimum absolute atomic E-state index is 0.383. The van der Waals surface area contributed by atoms with Gasteiger partial charge in [-0.1, -0.05) is 72.6 Å². The summed E-state index contributed by atoms with van der Waals surface area (Å²) < 4.78 is 3.13. The van der Waals surface area contributed by atoms with E-state index in [4.69, 9.17) is 0 Å². The third-order valence-electron chi connectivity index (χ3n) is 2.97. The molecular formula is C15H18BNO2S. The zero-order valence-corrected chi connectivity index (χ0v) is 12.0. The minimum atomic E-state index is -1.38. The highest BCUT2D eigenvalue weighted by molar-refractivity contribution is 7.96. The summed E-state index contributed by atoms with van der Waals surface area (Å²) >= 11 is 1.49. The number of benzene rings is 2. The van der Waals surface area contributed by atoms with Crippen molar-refractivity contribution in [1.82, 2.24) is 4.72 Å². The maximum atomic E-state index is 9.45. The highest BCUT2D eigenvalue weighted by Crippen LogP contribution is 2.12. The van der Waals surface area contributed by atoms with Crippen LogP contribution in [0.15, 0.2) is 60.7 Å². The van der Waals surface area contributed by atoms with Crippen molar-refractivity contribution in [3.8, 4) is 0 Å². The second-order valence-corrected chi connectivity index (χ2v) is 5.42. The first-order chi connectivity index (χ1) is 9.75. The van der Waals surface area contributed by atoms with Gasteiger partial charge in [0.2, 0.25) is 0 Å².